The monoisotopic (exact) mass is 340 g/mol. The molecule has 0 radical (unpaired) electrons. The molecule has 25 heavy (non-hydrogen) atoms. The second kappa shape index (κ2) is 8.14. The summed E-state index contributed by atoms with van der Waals surface area (Å²) >= 11 is 0. The Kier molecular flexibility index (Phi) is 5.68. The van der Waals surface area contributed by atoms with Crippen LogP contribution >= 0.6 is 0 Å². The topological polar surface area (TPSA) is 61.8 Å². The maximum Gasteiger partial charge on any atom is 0.238 e. The predicted molar refractivity (Wildman–Crippen MR) is 98.0 cm³/mol. The molecule has 1 fully saturated rings. The molecular formula is C20H24N2O3. The molecule has 0 aromatic heterocycles. The maximum absolute atomic E-state index is 12.3. The van der Waals surface area contributed by atoms with Gasteiger partial charge in [0.15, 0.2) is 5.75 Å². The number of aliphatic hydroxyl groups excluding tert-OH is 1. The second-order valence-corrected chi connectivity index (χ2v) is 6.47. The van der Waals surface area contributed by atoms with Gasteiger partial charge in [0.05, 0.1) is 18.3 Å². The summed E-state index contributed by atoms with van der Waals surface area (Å²) < 4.78 is 5.91. The number of amides is 1. The van der Waals surface area contributed by atoms with E-state index in [1.807, 2.05) is 55.5 Å². The minimum absolute atomic E-state index is 0.0728. The molecule has 2 aromatic rings. The van der Waals surface area contributed by atoms with Crippen LogP contribution in [0.2, 0.25) is 0 Å². The number of rotatable bonds is 5. The zero-order chi connectivity index (χ0) is 17.6. The number of piperidine rings is 1. The third-order valence-corrected chi connectivity index (χ3v) is 4.33. The van der Waals surface area contributed by atoms with Crippen LogP contribution < -0.4 is 10.1 Å². The molecule has 0 saturated carbocycles. The van der Waals surface area contributed by atoms with E-state index in [0.29, 0.717) is 18.0 Å². The first kappa shape index (κ1) is 17.5. The van der Waals surface area contributed by atoms with Crippen molar-refractivity contribution in [2.75, 3.05) is 25.0 Å². The van der Waals surface area contributed by atoms with E-state index < -0.39 is 0 Å². The Bertz CT molecular complexity index is 707. The summed E-state index contributed by atoms with van der Waals surface area (Å²) in [6.07, 6.45) is 1.21. The summed E-state index contributed by atoms with van der Waals surface area (Å²) in [6, 6.07) is 15.2. The van der Waals surface area contributed by atoms with Gasteiger partial charge in [0.25, 0.3) is 0 Å². The number of likely N-dealkylation sites (tertiary alicyclic amines) is 1. The molecule has 132 valence electrons. The van der Waals surface area contributed by atoms with Crippen LogP contribution in [0, 0.1) is 6.92 Å². The molecule has 0 spiro atoms. The van der Waals surface area contributed by atoms with Crippen molar-refractivity contribution in [3.63, 3.8) is 0 Å². The first-order valence-electron chi connectivity index (χ1n) is 8.64. The van der Waals surface area contributed by atoms with Crippen molar-refractivity contribution in [1.29, 1.82) is 0 Å². The minimum Gasteiger partial charge on any atom is -0.455 e. The van der Waals surface area contributed by atoms with E-state index in [1.54, 1.807) is 0 Å². The number of aliphatic hydroxyl groups is 1. The number of carbonyl (C=O) groups is 1. The predicted octanol–water partition coefficient (Wildman–Crippen LogP) is 3.18. The van der Waals surface area contributed by atoms with E-state index in [1.165, 1.54) is 5.56 Å². The molecule has 0 bridgehead atoms. The lowest BCUT2D eigenvalue weighted by atomic mass is 10.1. The van der Waals surface area contributed by atoms with E-state index in [9.17, 15) is 9.90 Å². The van der Waals surface area contributed by atoms with Crippen LogP contribution in [-0.4, -0.2) is 41.7 Å². The summed E-state index contributed by atoms with van der Waals surface area (Å²) in [7, 11) is 0. The fourth-order valence-electron chi connectivity index (χ4n) is 2.86. The van der Waals surface area contributed by atoms with Crippen molar-refractivity contribution >= 4 is 11.6 Å². The molecule has 3 rings (SSSR count). The zero-order valence-electron chi connectivity index (χ0n) is 14.4. The summed E-state index contributed by atoms with van der Waals surface area (Å²) in [4.78, 5) is 14.4. The second-order valence-electron chi connectivity index (χ2n) is 6.47. The van der Waals surface area contributed by atoms with Crippen molar-refractivity contribution in [2.45, 2.75) is 25.9 Å². The molecule has 0 atom stereocenters. The summed E-state index contributed by atoms with van der Waals surface area (Å²) in [5.74, 6) is 1.28. The number of nitrogens with zero attached hydrogens (tertiary/aromatic N) is 1. The fourth-order valence-corrected chi connectivity index (χ4v) is 2.86. The van der Waals surface area contributed by atoms with Gasteiger partial charge in [-0.05, 0) is 44.0 Å². The van der Waals surface area contributed by atoms with Gasteiger partial charge in [-0.15, -0.1) is 0 Å². The fraction of sp³-hybridized carbons (Fsp3) is 0.350. The molecule has 1 amide bonds. The Labute approximate surface area is 148 Å². The lowest BCUT2D eigenvalue weighted by Crippen LogP contribution is -2.40. The van der Waals surface area contributed by atoms with E-state index in [2.05, 4.69) is 10.2 Å². The number of anilines is 1. The summed E-state index contributed by atoms with van der Waals surface area (Å²) in [5, 5.41) is 12.5. The van der Waals surface area contributed by atoms with E-state index in [0.717, 1.165) is 31.7 Å². The molecule has 1 heterocycles. The van der Waals surface area contributed by atoms with Gasteiger partial charge in [0.1, 0.15) is 5.75 Å². The average Bonchev–Trinajstić information content (AvgIpc) is 2.61. The van der Waals surface area contributed by atoms with Gasteiger partial charge in [-0.2, -0.15) is 0 Å². The molecule has 1 aliphatic heterocycles. The molecule has 1 saturated heterocycles. The van der Waals surface area contributed by atoms with Gasteiger partial charge in [-0.3, -0.25) is 9.69 Å². The largest absolute Gasteiger partial charge is 0.455 e. The van der Waals surface area contributed by atoms with Crippen molar-refractivity contribution in [2.24, 2.45) is 0 Å². The smallest absolute Gasteiger partial charge is 0.238 e. The average molecular weight is 340 g/mol. The normalized spacial score (nSPS) is 15.8. The number of hydrogen-bond donors (Lipinski definition) is 2. The molecule has 2 N–H and O–H groups in total. The molecule has 0 aliphatic carbocycles. The number of hydrogen-bond acceptors (Lipinski definition) is 4. The van der Waals surface area contributed by atoms with Gasteiger partial charge < -0.3 is 15.2 Å². The molecule has 5 heteroatoms. The molecule has 2 aromatic carbocycles. The van der Waals surface area contributed by atoms with E-state index in [4.69, 9.17) is 4.74 Å². The SMILES string of the molecule is Cc1ccc(Oc2ccccc2NC(=O)CN2CCC(O)CC2)cc1. The summed E-state index contributed by atoms with van der Waals surface area (Å²) in [6.45, 7) is 3.84. The highest BCUT2D eigenvalue weighted by Gasteiger charge is 2.19. The van der Waals surface area contributed by atoms with E-state index in [-0.39, 0.29) is 12.0 Å². The Morgan fingerprint density at radius 2 is 1.84 bits per heavy atom. The van der Waals surface area contributed by atoms with Gasteiger partial charge >= 0.3 is 0 Å². The third-order valence-electron chi connectivity index (χ3n) is 4.33. The number of aryl methyl sites for hydroxylation is 1. The van der Waals surface area contributed by atoms with Gasteiger partial charge in [-0.1, -0.05) is 29.8 Å². The van der Waals surface area contributed by atoms with Gasteiger partial charge in [-0.25, -0.2) is 0 Å². The Balaban J connectivity index is 1.62. The lowest BCUT2D eigenvalue weighted by Gasteiger charge is -2.28. The Morgan fingerprint density at radius 1 is 1.16 bits per heavy atom. The Morgan fingerprint density at radius 3 is 2.56 bits per heavy atom. The van der Waals surface area contributed by atoms with Crippen LogP contribution in [0.25, 0.3) is 0 Å². The Hall–Kier alpha value is -2.37. The van der Waals surface area contributed by atoms with Crippen LogP contribution in [-0.2, 0) is 4.79 Å². The first-order chi connectivity index (χ1) is 12.1. The van der Waals surface area contributed by atoms with Gasteiger partial charge in [0, 0.05) is 13.1 Å². The van der Waals surface area contributed by atoms with Crippen LogP contribution in [0.5, 0.6) is 11.5 Å². The molecule has 1 aliphatic rings. The lowest BCUT2D eigenvalue weighted by molar-refractivity contribution is -0.117. The van der Waals surface area contributed by atoms with Crippen molar-refractivity contribution in [3.05, 3.63) is 54.1 Å². The van der Waals surface area contributed by atoms with E-state index >= 15 is 0 Å². The van der Waals surface area contributed by atoms with Crippen LogP contribution in [0.3, 0.4) is 0 Å². The van der Waals surface area contributed by atoms with Crippen LogP contribution in [0.4, 0.5) is 5.69 Å². The van der Waals surface area contributed by atoms with Gasteiger partial charge in [0.2, 0.25) is 5.91 Å². The van der Waals surface area contributed by atoms with Crippen molar-refractivity contribution < 1.29 is 14.6 Å². The standard InChI is InChI=1S/C20H24N2O3/c1-15-6-8-17(9-7-15)25-19-5-3-2-4-18(19)21-20(24)14-22-12-10-16(23)11-13-22/h2-9,16,23H,10-14H2,1H3,(H,21,24). The number of para-hydroxylation sites is 2. The maximum atomic E-state index is 12.3. The highest BCUT2D eigenvalue weighted by atomic mass is 16.5. The number of carbonyl (C=O) groups excluding carboxylic acids is 1. The molecule has 5 nitrogen and oxygen atoms in total. The highest BCUT2D eigenvalue weighted by molar-refractivity contribution is 5.93. The number of nitrogens with one attached hydrogen (secondary N) is 1. The third kappa shape index (κ3) is 5.05. The molecular weight excluding hydrogens is 316 g/mol. The number of benzene rings is 2. The first-order valence-corrected chi connectivity index (χ1v) is 8.64. The molecule has 0 unspecified atom stereocenters. The van der Waals surface area contributed by atoms with Crippen molar-refractivity contribution in [3.8, 4) is 11.5 Å². The highest BCUT2D eigenvalue weighted by Crippen LogP contribution is 2.29. The minimum atomic E-state index is -0.233. The summed E-state index contributed by atoms with van der Waals surface area (Å²) in [5.41, 5.74) is 1.82. The van der Waals surface area contributed by atoms with Crippen LogP contribution in [0.15, 0.2) is 48.5 Å². The zero-order valence-corrected chi connectivity index (χ0v) is 14.4. The van der Waals surface area contributed by atoms with Crippen molar-refractivity contribution in [1.82, 2.24) is 4.90 Å². The van der Waals surface area contributed by atoms with Crippen LogP contribution in [0.1, 0.15) is 18.4 Å². The quantitative estimate of drug-likeness (QED) is 0.877. The number of ether oxygens (including phenoxy) is 1.